The second-order valence-electron chi connectivity index (χ2n) is 8.54. The standard InChI is InChI=1S/C26H36N2O3/c1-6-20-10-12-22(13-11-20)28(26(29)19(2)3)23-14-16-27(17-15-23)18-21-8-7-9-24(30-4)25(21)31-5/h7-13,19,23H,6,14-18H2,1-5H3. The van der Waals surface area contributed by atoms with Crippen molar-refractivity contribution in [1.29, 1.82) is 0 Å². The molecule has 0 unspecified atom stereocenters. The molecule has 2 aromatic carbocycles. The Morgan fingerprint density at radius 3 is 2.29 bits per heavy atom. The fourth-order valence-electron chi connectivity index (χ4n) is 4.34. The van der Waals surface area contributed by atoms with Crippen LogP contribution in [-0.2, 0) is 17.8 Å². The summed E-state index contributed by atoms with van der Waals surface area (Å²) in [7, 11) is 3.35. The average Bonchev–Trinajstić information content (AvgIpc) is 2.80. The highest BCUT2D eigenvalue weighted by atomic mass is 16.5. The smallest absolute Gasteiger partial charge is 0.229 e. The molecule has 0 N–H and O–H groups in total. The molecule has 1 fully saturated rings. The van der Waals surface area contributed by atoms with Gasteiger partial charge in [0.2, 0.25) is 5.91 Å². The molecule has 1 aliphatic rings. The number of amides is 1. The van der Waals surface area contributed by atoms with E-state index < -0.39 is 0 Å². The summed E-state index contributed by atoms with van der Waals surface area (Å²) in [6.07, 6.45) is 2.92. The van der Waals surface area contributed by atoms with Gasteiger partial charge >= 0.3 is 0 Å². The number of benzene rings is 2. The molecule has 0 aromatic heterocycles. The van der Waals surface area contributed by atoms with E-state index in [1.165, 1.54) is 5.56 Å². The Balaban J connectivity index is 1.71. The van der Waals surface area contributed by atoms with Crippen LogP contribution in [0.4, 0.5) is 5.69 Å². The quantitative estimate of drug-likeness (QED) is 0.603. The molecule has 0 saturated carbocycles. The van der Waals surface area contributed by atoms with Gasteiger partial charge in [-0.2, -0.15) is 0 Å². The Hall–Kier alpha value is -2.53. The van der Waals surface area contributed by atoms with Crippen molar-refractivity contribution in [1.82, 2.24) is 4.90 Å². The summed E-state index contributed by atoms with van der Waals surface area (Å²) >= 11 is 0. The van der Waals surface area contributed by atoms with Crippen molar-refractivity contribution in [3.63, 3.8) is 0 Å². The lowest BCUT2D eigenvalue weighted by atomic mass is 9.99. The molecule has 2 aromatic rings. The summed E-state index contributed by atoms with van der Waals surface area (Å²) < 4.78 is 11.0. The molecule has 0 radical (unpaired) electrons. The number of nitrogens with zero attached hydrogens (tertiary/aromatic N) is 2. The third kappa shape index (κ3) is 5.40. The molecule has 3 rings (SSSR count). The van der Waals surface area contributed by atoms with Gasteiger partial charge < -0.3 is 14.4 Å². The number of carbonyl (C=O) groups excluding carboxylic acids is 1. The number of likely N-dealkylation sites (tertiary alicyclic amines) is 1. The van der Waals surface area contributed by atoms with Crippen LogP contribution in [0.5, 0.6) is 11.5 Å². The van der Waals surface area contributed by atoms with E-state index in [1.807, 2.05) is 30.9 Å². The van der Waals surface area contributed by atoms with Crippen molar-refractivity contribution in [2.45, 2.75) is 52.6 Å². The van der Waals surface area contributed by atoms with Crippen molar-refractivity contribution >= 4 is 11.6 Å². The molecule has 1 heterocycles. The van der Waals surface area contributed by atoms with Gasteiger partial charge in [0.05, 0.1) is 14.2 Å². The van der Waals surface area contributed by atoms with E-state index in [2.05, 4.69) is 42.2 Å². The largest absolute Gasteiger partial charge is 0.493 e. The summed E-state index contributed by atoms with van der Waals surface area (Å²) in [5.74, 6) is 1.75. The van der Waals surface area contributed by atoms with Crippen molar-refractivity contribution in [2.24, 2.45) is 5.92 Å². The van der Waals surface area contributed by atoms with Crippen molar-refractivity contribution in [2.75, 3.05) is 32.2 Å². The second-order valence-corrected chi connectivity index (χ2v) is 8.54. The first kappa shape index (κ1) is 23.1. The number of anilines is 1. The van der Waals surface area contributed by atoms with Crippen molar-refractivity contribution < 1.29 is 14.3 Å². The summed E-state index contributed by atoms with van der Waals surface area (Å²) in [6, 6.07) is 14.7. The summed E-state index contributed by atoms with van der Waals surface area (Å²) in [4.78, 5) is 17.6. The number of carbonyl (C=O) groups is 1. The Morgan fingerprint density at radius 2 is 1.74 bits per heavy atom. The molecule has 5 heteroatoms. The molecule has 168 valence electrons. The van der Waals surface area contributed by atoms with Crippen LogP contribution in [0, 0.1) is 5.92 Å². The lowest BCUT2D eigenvalue weighted by Crippen LogP contribution is -2.48. The van der Waals surface area contributed by atoms with Gasteiger partial charge in [-0.15, -0.1) is 0 Å². The van der Waals surface area contributed by atoms with E-state index in [4.69, 9.17) is 9.47 Å². The van der Waals surface area contributed by atoms with Crippen LogP contribution >= 0.6 is 0 Å². The minimum absolute atomic E-state index is 0.0232. The van der Waals surface area contributed by atoms with Crippen molar-refractivity contribution in [3.8, 4) is 11.5 Å². The lowest BCUT2D eigenvalue weighted by Gasteiger charge is -2.39. The normalized spacial score (nSPS) is 15.2. The van der Waals surface area contributed by atoms with Gasteiger partial charge in [-0.3, -0.25) is 9.69 Å². The highest BCUT2D eigenvalue weighted by Gasteiger charge is 2.30. The highest BCUT2D eigenvalue weighted by Crippen LogP contribution is 2.33. The maximum atomic E-state index is 13.1. The van der Waals surface area contributed by atoms with Crippen LogP contribution in [-0.4, -0.2) is 44.2 Å². The van der Waals surface area contributed by atoms with Crippen LogP contribution in [0.15, 0.2) is 42.5 Å². The van der Waals surface area contributed by atoms with Gasteiger partial charge in [0, 0.05) is 42.8 Å². The lowest BCUT2D eigenvalue weighted by molar-refractivity contribution is -0.122. The zero-order valence-electron chi connectivity index (χ0n) is 19.6. The molecular weight excluding hydrogens is 388 g/mol. The molecule has 0 aliphatic carbocycles. The molecule has 1 aliphatic heterocycles. The number of hydrogen-bond donors (Lipinski definition) is 0. The van der Waals surface area contributed by atoms with Gasteiger partial charge in [-0.05, 0) is 43.0 Å². The van der Waals surface area contributed by atoms with Gasteiger partial charge in [-0.25, -0.2) is 0 Å². The minimum atomic E-state index is -0.0232. The number of rotatable bonds is 8. The summed E-state index contributed by atoms with van der Waals surface area (Å²) in [6.45, 7) is 8.83. The van der Waals surface area contributed by atoms with Gasteiger partial charge in [0.25, 0.3) is 0 Å². The predicted octanol–water partition coefficient (Wildman–Crippen LogP) is 4.92. The number of piperidine rings is 1. The van der Waals surface area contributed by atoms with E-state index in [0.717, 1.165) is 61.6 Å². The summed E-state index contributed by atoms with van der Waals surface area (Å²) in [5.41, 5.74) is 3.44. The van der Waals surface area contributed by atoms with E-state index in [0.29, 0.717) is 0 Å². The predicted molar refractivity (Wildman–Crippen MR) is 126 cm³/mol. The SMILES string of the molecule is CCc1ccc(N(C(=O)C(C)C)C2CCN(Cc3cccc(OC)c3OC)CC2)cc1. The first-order chi connectivity index (χ1) is 15.0. The second kappa shape index (κ2) is 10.7. The third-order valence-electron chi connectivity index (χ3n) is 6.15. The van der Waals surface area contributed by atoms with E-state index in [9.17, 15) is 4.79 Å². The number of methoxy groups -OCH3 is 2. The number of ether oxygens (including phenoxy) is 2. The van der Waals surface area contributed by atoms with E-state index in [1.54, 1.807) is 14.2 Å². The Bertz CT molecular complexity index is 855. The fraction of sp³-hybridized carbons (Fsp3) is 0.500. The zero-order valence-corrected chi connectivity index (χ0v) is 19.6. The molecule has 1 amide bonds. The van der Waals surface area contributed by atoms with Crippen LogP contribution in [0.25, 0.3) is 0 Å². The number of aryl methyl sites for hydroxylation is 1. The molecule has 31 heavy (non-hydrogen) atoms. The number of para-hydroxylation sites is 1. The molecule has 1 saturated heterocycles. The van der Waals surface area contributed by atoms with Crippen LogP contribution in [0.2, 0.25) is 0 Å². The average molecular weight is 425 g/mol. The van der Waals surface area contributed by atoms with Gasteiger partial charge in [0.15, 0.2) is 11.5 Å². The fourth-order valence-corrected chi connectivity index (χ4v) is 4.34. The Kier molecular flexibility index (Phi) is 7.97. The van der Waals surface area contributed by atoms with Crippen LogP contribution < -0.4 is 14.4 Å². The first-order valence-corrected chi connectivity index (χ1v) is 11.3. The molecule has 0 spiro atoms. The highest BCUT2D eigenvalue weighted by molar-refractivity contribution is 5.95. The maximum absolute atomic E-state index is 13.1. The topological polar surface area (TPSA) is 42.0 Å². The third-order valence-corrected chi connectivity index (χ3v) is 6.15. The summed E-state index contributed by atoms with van der Waals surface area (Å²) in [5, 5.41) is 0. The Labute approximate surface area is 187 Å². The monoisotopic (exact) mass is 424 g/mol. The van der Waals surface area contributed by atoms with E-state index in [-0.39, 0.29) is 17.9 Å². The minimum Gasteiger partial charge on any atom is -0.493 e. The molecule has 0 atom stereocenters. The maximum Gasteiger partial charge on any atom is 0.229 e. The van der Waals surface area contributed by atoms with Crippen LogP contribution in [0.3, 0.4) is 0 Å². The van der Waals surface area contributed by atoms with Gasteiger partial charge in [0.1, 0.15) is 0 Å². The number of hydrogen-bond acceptors (Lipinski definition) is 4. The molecule has 5 nitrogen and oxygen atoms in total. The van der Waals surface area contributed by atoms with Gasteiger partial charge in [-0.1, -0.05) is 45.0 Å². The first-order valence-electron chi connectivity index (χ1n) is 11.3. The molecular formula is C26H36N2O3. The zero-order chi connectivity index (χ0) is 22.4. The molecule has 0 bridgehead atoms. The van der Waals surface area contributed by atoms with E-state index >= 15 is 0 Å². The van der Waals surface area contributed by atoms with Crippen molar-refractivity contribution in [3.05, 3.63) is 53.6 Å². The Morgan fingerprint density at radius 1 is 1.06 bits per heavy atom. The van der Waals surface area contributed by atoms with Crippen LogP contribution in [0.1, 0.15) is 44.7 Å².